The summed E-state index contributed by atoms with van der Waals surface area (Å²) in [5, 5.41) is 0. The van der Waals surface area contributed by atoms with Gasteiger partial charge in [0.25, 0.3) is 0 Å². The molecule has 2 nitrogen and oxygen atoms in total. The average Bonchev–Trinajstić information content (AvgIpc) is 2.01. The van der Waals surface area contributed by atoms with Gasteiger partial charge < -0.3 is 0 Å². The second-order valence-electron chi connectivity index (χ2n) is 7.95. The second-order valence-corrected chi connectivity index (χ2v) is 10.7. The molecule has 1 rings (SSSR count). The first-order valence-electron chi connectivity index (χ1n) is 6.52. The molecule has 0 amide bonds. The van der Waals surface area contributed by atoms with E-state index in [4.69, 9.17) is 0 Å². The van der Waals surface area contributed by atoms with Crippen LogP contribution in [0.25, 0.3) is 0 Å². The highest BCUT2D eigenvalue weighted by molar-refractivity contribution is 7.92. The molecule has 0 aromatic heterocycles. The van der Waals surface area contributed by atoms with E-state index < -0.39 is 14.6 Å². The lowest BCUT2D eigenvalue weighted by Gasteiger charge is -2.43. The van der Waals surface area contributed by atoms with E-state index in [9.17, 15) is 8.42 Å². The lowest BCUT2D eigenvalue weighted by molar-refractivity contribution is 0.0722. The van der Waals surface area contributed by atoms with Crippen molar-refractivity contribution >= 4 is 9.84 Å². The Labute approximate surface area is 107 Å². The molecule has 1 aliphatic rings. The zero-order valence-electron chi connectivity index (χ0n) is 12.4. The summed E-state index contributed by atoms with van der Waals surface area (Å²) in [5.74, 6) is 0.789. The molecule has 1 heterocycles. The van der Waals surface area contributed by atoms with Gasteiger partial charge in [-0.05, 0) is 43.4 Å². The summed E-state index contributed by atoms with van der Waals surface area (Å²) >= 11 is 0. The van der Waals surface area contributed by atoms with E-state index in [-0.39, 0.29) is 10.8 Å². The lowest BCUT2D eigenvalue weighted by Crippen LogP contribution is -2.39. The van der Waals surface area contributed by atoms with E-state index in [0.717, 1.165) is 12.8 Å². The third-order valence-electron chi connectivity index (χ3n) is 4.39. The molecule has 0 aromatic rings. The van der Waals surface area contributed by atoms with Gasteiger partial charge in [0.15, 0.2) is 9.84 Å². The van der Waals surface area contributed by atoms with Crippen molar-refractivity contribution in [3.8, 4) is 0 Å². The zero-order chi connectivity index (χ0) is 13.7. The van der Waals surface area contributed by atoms with Crippen molar-refractivity contribution in [3.63, 3.8) is 0 Å². The Hall–Kier alpha value is -0.0500. The van der Waals surface area contributed by atoms with Crippen LogP contribution in [-0.4, -0.2) is 18.9 Å². The normalized spacial score (nSPS) is 31.8. The minimum absolute atomic E-state index is 0.0747. The highest BCUT2D eigenvalue weighted by atomic mass is 32.2. The Morgan fingerprint density at radius 3 is 1.94 bits per heavy atom. The van der Waals surface area contributed by atoms with Crippen LogP contribution in [0.5, 0.6) is 0 Å². The zero-order valence-corrected chi connectivity index (χ0v) is 13.2. The quantitative estimate of drug-likeness (QED) is 0.666. The first kappa shape index (κ1) is 15.0. The monoisotopic (exact) mass is 260 g/mol. The highest BCUT2D eigenvalue weighted by Gasteiger charge is 2.48. The van der Waals surface area contributed by atoms with Crippen LogP contribution in [0, 0.1) is 16.7 Å². The predicted molar refractivity (Wildman–Crippen MR) is 73.8 cm³/mol. The Morgan fingerprint density at radius 2 is 1.53 bits per heavy atom. The third kappa shape index (κ3) is 2.86. The molecular weight excluding hydrogens is 232 g/mol. The van der Waals surface area contributed by atoms with Crippen molar-refractivity contribution < 1.29 is 8.42 Å². The minimum Gasteiger partial charge on any atom is -0.228 e. The van der Waals surface area contributed by atoms with Gasteiger partial charge in [0, 0.05) is 0 Å². The summed E-state index contributed by atoms with van der Waals surface area (Å²) in [6, 6.07) is 0. The molecule has 1 saturated heterocycles. The van der Waals surface area contributed by atoms with Crippen LogP contribution in [0.1, 0.15) is 61.3 Å². The number of hydrogen-bond acceptors (Lipinski definition) is 2. The first-order chi connectivity index (χ1) is 7.30. The highest BCUT2D eigenvalue weighted by Crippen LogP contribution is 2.50. The van der Waals surface area contributed by atoms with E-state index >= 15 is 0 Å². The molecule has 0 aliphatic carbocycles. The summed E-state index contributed by atoms with van der Waals surface area (Å²) in [5.41, 5.74) is 0.241. The number of rotatable bonds is 0. The van der Waals surface area contributed by atoms with Crippen molar-refractivity contribution in [3.05, 3.63) is 0 Å². The van der Waals surface area contributed by atoms with Gasteiger partial charge >= 0.3 is 0 Å². The molecule has 0 N–H and O–H groups in total. The molecule has 1 unspecified atom stereocenters. The van der Waals surface area contributed by atoms with Gasteiger partial charge in [-0.15, -0.1) is 0 Å². The number of hydrogen-bond donors (Lipinski definition) is 0. The van der Waals surface area contributed by atoms with Crippen molar-refractivity contribution in [1.82, 2.24) is 0 Å². The van der Waals surface area contributed by atoms with E-state index in [1.807, 2.05) is 13.8 Å². The summed E-state index contributed by atoms with van der Waals surface area (Å²) < 4.78 is 24.0. The van der Waals surface area contributed by atoms with Crippen molar-refractivity contribution in [2.75, 3.05) is 5.75 Å². The Kier molecular flexibility index (Phi) is 3.51. The van der Waals surface area contributed by atoms with Crippen molar-refractivity contribution in [2.24, 2.45) is 16.7 Å². The minimum atomic E-state index is -2.96. The van der Waals surface area contributed by atoms with Gasteiger partial charge in [-0.2, -0.15) is 0 Å². The molecule has 102 valence electrons. The van der Waals surface area contributed by atoms with E-state index in [0.29, 0.717) is 11.7 Å². The maximum Gasteiger partial charge on any atom is 0.155 e. The van der Waals surface area contributed by atoms with Gasteiger partial charge in [-0.1, -0.05) is 34.6 Å². The molecule has 0 bridgehead atoms. The summed E-state index contributed by atoms with van der Waals surface area (Å²) in [4.78, 5) is 0. The van der Waals surface area contributed by atoms with E-state index in [1.54, 1.807) is 0 Å². The molecule has 1 atom stereocenters. The van der Waals surface area contributed by atoms with Gasteiger partial charge in [-0.25, -0.2) is 8.42 Å². The summed E-state index contributed by atoms with van der Waals surface area (Å²) in [7, 11) is -2.96. The van der Waals surface area contributed by atoms with Gasteiger partial charge in [0.1, 0.15) is 0 Å². The SMILES string of the molecule is CC(C)(C)C1CCS(=O)(=O)C(C)(C)CC1(C)C. The molecule has 0 radical (unpaired) electrons. The van der Waals surface area contributed by atoms with Crippen molar-refractivity contribution in [1.29, 1.82) is 0 Å². The molecule has 0 spiro atoms. The Morgan fingerprint density at radius 1 is 1.06 bits per heavy atom. The maximum absolute atomic E-state index is 12.3. The van der Waals surface area contributed by atoms with E-state index in [2.05, 4.69) is 34.6 Å². The standard InChI is InChI=1S/C14H28O2S/c1-12(2,3)11-8-9-17(15,16)14(6,7)10-13(11,4)5/h11H,8-10H2,1-7H3. The molecule has 0 saturated carbocycles. The molecule has 1 fully saturated rings. The predicted octanol–water partition coefficient (Wildman–Crippen LogP) is 3.66. The fraction of sp³-hybridized carbons (Fsp3) is 1.00. The largest absolute Gasteiger partial charge is 0.228 e. The van der Waals surface area contributed by atoms with Crippen LogP contribution in [0.3, 0.4) is 0 Å². The summed E-state index contributed by atoms with van der Waals surface area (Å²) in [6.45, 7) is 14.9. The van der Waals surface area contributed by atoms with Crippen LogP contribution >= 0.6 is 0 Å². The third-order valence-corrected chi connectivity index (χ3v) is 6.99. The molecule has 0 aromatic carbocycles. The molecule has 3 heteroatoms. The van der Waals surface area contributed by atoms with Crippen LogP contribution in [0.15, 0.2) is 0 Å². The smallest absolute Gasteiger partial charge is 0.155 e. The van der Waals surface area contributed by atoms with Crippen LogP contribution in [-0.2, 0) is 9.84 Å². The van der Waals surface area contributed by atoms with Crippen molar-refractivity contribution in [2.45, 2.75) is 66.1 Å². The van der Waals surface area contributed by atoms with Crippen LogP contribution in [0.2, 0.25) is 0 Å². The molecule has 17 heavy (non-hydrogen) atoms. The van der Waals surface area contributed by atoms with Gasteiger partial charge in [0.2, 0.25) is 0 Å². The Bertz CT molecular complexity index is 383. The maximum atomic E-state index is 12.3. The fourth-order valence-corrected chi connectivity index (χ4v) is 5.57. The lowest BCUT2D eigenvalue weighted by atomic mass is 9.62. The van der Waals surface area contributed by atoms with Gasteiger partial charge in [0.05, 0.1) is 10.5 Å². The second kappa shape index (κ2) is 3.97. The summed E-state index contributed by atoms with van der Waals surface area (Å²) in [6.07, 6.45) is 1.55. The molecule has 1 aliphatic heterocycles. The topological polar surface area (TPSA) is 34.1 Å². The van der Waals surface area contributed by atoms with E-state index in [1.165, 1.54) is 0 Å². The van der Waals surface area contributed by atoms with Crippen LogP contribution in [0.4, 0.5) is 0 Å². The average molecular weight is 260 g/mol. The molecular formula is C14H28O2S. The fourth-order valence-electron chi connectivity index (χ4n) is 3.88. The van der Waals surface area contributed by atoms with Gasteiger partial charge in [-0.3, -0.25) is 0 Å². The van der Waals surface area contributed by atoms with Crippen LogP contribution < -0.4 is 0 Å². The number of sulfone groups is 1. The Balaban J connectivity index is 3.21. The first-order valence-corrected chi connectivity index (χ1v) is 8.17.